The molecule has 1 heterocycles. The summed E-state index contributed by atoms with van der Waals surface area (Å²) < 4.78 is 5.00. The summed E-state index contributed by atoms with van der Waals surface area (Å²) >= 11 is 0. The molecule has 2 nitrogen and oxygen atoms in total. The van der Waals surface area contributed by atoms with Gasteiger partial charge in [-0.25, -0.2) is 0 Å². The normalized spacial score (nSPS) is 31.3. The number of hydrogen-bond acceptors (Lipinski definition) is 2. The van der Waals surface area contributed by atoms with Gasteiger partial charge in [0.25, 0.3) is 0 Å². The zero-order chi connectivity index (χ0) is 5.11. The third kappa shape index (κ3) is 1.14. The summed E-state index contributed by atoms with van der Waals surface area (Å²) in [5, 5.41) is 3.18. The SMILES string of the molecule is COC1CCCN1.[HH]. The Morgan fingerprint density at radius 3 is 3.00 bits per heavy atom. The molecule has 0 saturated carbocycles. The van der Waals surface area contributed by atoms with E-state index in [-0.39, 0.29) is 1.43 Å². The van der Waals surface area contributed by atoms with Crippen LogP contribution >= 0.6 is 0 Å². The maximum Gasteiger partial charge on any atom is 0.107 e. The average molecular weight is 103 g/mol. The van der Waals surface area contributed by atoms with Gasteiger partial charge >= 0.3 is 0 Å². The van der Waals surface area contributed by atoms with E-state index in [1.165, 1.54) is 12.8 Å². The number of rotatable bonds is 1. The summed E-state index contributed by atoms with van der Waals surface area (Å²) in [5.74, 6) is 0. The third-order valence-corrected chi connectivity index (χ3v) is 1.30. The minimum atomic E-state index is 0. The van der Waals surface area contributed by atoms with Gasteiger partial charge in [-0.15, -0.1) is 0 Å². The lowest BCUT2D eigenvalue weighted by Crippen LogP contribution is -2.22. The van der Waals surface area contributed by atoms with Gasteiger partial charge in [0.05, 0.1) is 0 Å². The molecule has 0 radical (unpaired) electrons. The van der Waals surface area contributed by atoms with Gasteiger partial charge in [-0.3, -0.25) is 5.32 Å². The molecule has 2 heteroatoms. The number of methoxy groups -OCH3 is 1. The molecule has 0 aromatic heterocycles. The Kier molecular flexibility index (Phi) is 1.65. The van der Waals surface area contributed by atoms with Crippen LogP contribution < -0.4 is 5.32 Å². The van der Waals surface area contributed by atoms with Crippen molar-refractivity contribution in [2.24, 2.45) is 0 Å². The predicted octanol–water partition coefficient (Wildman–Crippen LogP) is 0.588. The maximum atomic E-state index is 5.00. The van der Waals surface area contributed by atoms with Gasteiger partial charge in [0.15, 0.2) is 0 Å². The first kappa shape index (κ1) is 5.06. The van der Waals surface area contributed by atoms with Crippen LogP contribution in [0.4, 0.5) is 0 Å². The minimum absolute atomic E-state index is 0. The van der Waals surface area contributed by atoms with Crippen LogP contribution in [0.15, 0.2) is 0 Å². The summed E-state index contributed by atoms with van der Waals surface area (Å²) in [6.45, 7) is 1.12. The standard InChI is InChI=1S/C5H11NO.H2/c1-7-5-3-2-4-6-5;/h5-6H,2-4H2,1H3;1H. The Morgan fingerprint density at radius 2 is 2.71 bits per heavy atom. The molecule has 0 spiro atoms. The molecule has 1 aliphatic heterocycles. The van der Waals surface area contributed by atoms with Crippen LogP contribution in [0.2, 0.25) is 0 Å². The largest absolute Gasteiger partial charge is 0.367 e. The fraction of sp³-hybridized carbons (Fsp3) is 1.00. The van der Waals surface area contributed by atoms with Crippen LogP contribution in [0.1, 0.15) is 14.3 Å². The van der Waals surface area contributed by atoms with Crippen molar-refractivity contribution in [3.05, 3.63) is 0 Å². The summed E-state index contributed by atoms with van der Waals surface area (Å²) in [7, 11) is 1.74. The maximum absolute atomic E-state index is 5.00. The van der Waals surface area contributed by atoms with Crippen LogP contribution in [0.5, 0.6) is 0 Å². The molecule has 1 aliphatic rings. The first-order valence-corrected chi connectivity index (χ1v) is 2.69. The quantitative estimate of drug-likeness (QED) is 0.524. The van der Waals surface area contributed by atoms with Gasteiger partial charge < -0.3 is 4.74 Å². The molecule has 0 aromatic rings. The summed E-state index contributed by atoms with van der Waals surface area (Å²) in [6.07, 6.45) is 2.79. The molecular weight excluding hydrogens is 90.1 g/mol. The fourth-order valence-corrected chi connectivity index (χ4v) is 0.854. The van der Waals surface area contributed by atoms with E-state index in [0.29, 0.717) is 6.23 Å². The average Bonchev–Trinajstić information content (AvgIpc) is 2.14. The van der Waals surface area contributed by atoms with Crippen molar-refractivity contribution >= 4 is 0 Å². The predicted molar refractivity (Wildman–Crippen MR) is 30.1 cm³/mol. The molecule has 7 heavy (non-hydrogen) atoms. The highest BCUT2D eigenvalue weighted by molar-refractivity contribution is 4.63. The van der Waals surface area contributed by atoms with Gasteiger partial charge in [0.1, 0.15) is 6.23 Å². The number of hydrogen-bond donors (Lipinski definition) is 1. The zero-order valence-electron chi connectivity index (χ0n) is 4.61. The van der Waals surface area contributed by atoms with Crippen LogP contribution in [0, 0.1) is 0 Å². The van der Waals surface area contributed by atoms with Crippen molar-refractivity contribution in [2.45, 2.75) is 19.1 Å². The monoisotopic (exact) mass is 103 g/mol. The Hall–Kier alpha value is -0.0800. The Balaban J connectivity index is 0.000000490. The van der Waals surface area contributed by atoms with Crippen LogP contribution in [-0.2, 0) is 4.74 Å². The molecule has 1 saturated heterocycles. The van der Waals surface area contributed by atoms with Crippen molar-refractivity contribution in [2.75, 3.05) is 13.7 Å². The Bertz CT molecular complexity index is 54.4. The van der Waals surface area contributed by atoms with Crippen molar-refractivity contribution in [3.8, 4) is 0 Å². The molecular formula is C5H13NO. The highest BCUT2D eigenvalue weighted by Gasteiger charge is 2.10. The number of nitrogens with one attached hydrogen (secondary N) is 1. The van der Waals surface area contributed by atoms with Gasteiger partial charge in [-0.1, -0.05) is 0 Å². The van der Waals surface area contributed by atoms with E-state index >= 15 is 0 Å². The van der Waals surface area contributed by atoms with E-state index in [2.05, 4.69) is 5.32 Å². The highest BCUT2D eigenvalue weighted by Crippen LogP contribution is 2.03. The van der Waals surface area contributed by atoms with Crippen LogP contribution in [0.3, 0.4) is 0 Å². The van der Waals surface area contributed by atoms with Crippen molar-refractivity contribution < 1.29 is 6.16 Å². The third-order valence-electron chi connectivity index (χ3n) is 1.30. The van der Waals surface area contributed by atoms with Gasteiger partial charge in [-0.05, 0) is 19.4 Å². The smallest absolute Gasteiger partial charge is 0.107 e. The Labute approximate surface area is 45.3 Å². The molecule has 0 bridgehead atoms. The molecule has 1 fully saturated rings. The van der Waals surface area contributed by atoms with Crippen molar-refractivity contribution in [1.29, 1.82) is 0 Å². The van der Waals surface area contributed by atoms with E-state index in [1.54, 1.807) is 7.11 Å². The molecule has 0 aromatic carbocycles. The second-order valence-electron chi connectivity index (χ2n) is 1.82. The van der Waals surface area contributed by atoms with E-state index in [9.17, 15) is 0 Å². The van der Waals surface area contributed by atoms with E-state index in [1.807, 2.05) is 0 Å². The molecule has 1 N–H and O–H groups in total. The van der Waals surface area contributed by atoms with Gasteiger partial charge in [-0.2, -0.15) is 0 Å². The fourth-order valence-electron chi connectivity index (χ4n) is 0.854. The first-order valence-electron chi connectivity index (χ1n) is 2.69. The second kappa shape index (κ2) is 2.28. The van der Waals surface area contributed by atoms with Gasteiger partial charge in [0.2, 0.25) is 0 Å². The minimum Gasteiger partial charge on any atom is -0.367 e. The lowest BCUT2D eigenvalue weighted by atomic mass is 10.4. The molecule has 1 rings (SSSR count). The Morgan fingerprint density at radius 1 is 1.86 bits per heavy atom. The molecule has 0 aliphatic carbocycles. The van der Waals surface area contributed by atoms with E-state index in [0.717, 1.165) is 6.54 Å². The van der Waals surface area contributed by atoms with E-state index in [4.69, 9.17) is 4.74 Å². The van der Waals surface area contributed by atoms with E-state index < -0.39 is 0 Å². The molecule has 44 valence electrons. The molecule has 1 unspecified atom stereocenters. The summed E-state index contributed by atoms with van der Waals surface area (Å²) in [6, 6.07) is 0. The summed E-state index contributed by atoms with van der Waals surface area (Å²) in [4.78, 5) is 0. The van der Waals surface area contributed by atoms with Crippen molar-refractivity contribution in [3.63, 3.8) is 0 Å². The lowest BCUT2D eigenvalue weighted by molar-refractivity contribution is 0.0912. The molecule has 0 amide bonds. The second-order valence-corrected chi connectivity index (χ2v) is 1.82. The van der Waals surface area contributed by atoms with Gasteiger partial charge in [0, 0.05) is 8.54 Å². The zero-order valence-corrected chi connectivity index (χ0v) is 4.61. The van der Waals surface area contributed by atoms with Crippen LogP contribution in [-0.4, -0.2) is 19.9 Å². The van der Waals surface area contributed by atoms with Crippen LogP contribution in [0.25, 0.3) is 0 Å². The molecule has 1 atom stereocenters. The lowest BCUT2D eigenvalue weighted by Gasteiger charge is -2.04. The topological polar surface area (TPSA) is 21.3 Å². The highest BCUT2D eigenvalue weighted by atomic mass is 16.5. The summed E-state index contributed by atoms with van der Waals surface area (Å²) in [5.41, 5.74) is 0. The van der Waals surface area contributed by atoms with Crippen molar-refractivity contribution in [1.82, 2.24) is 5.32 Å². The first-order chi connectivity index (χ1) is 3.43. The number of ether oxygens (including phenoxy) is 1.